The highest BCUT2D eigenvalue weighted by Crippen LogP contribution is 2.26. The van der Waals surface area contributed by atoms with Crippen LogP contribution in [0.3, 0.4) is 0 Å². The highest BCUT2D eigenvalue weighted by atomic mass is 16.5. The van der Waals surface area contributed by atoms with Crippen LogP contribution in [0.4, 0.5) is 0 Å². The Labute approximate surface area is 79.6 Å². The standard InChI is InChI=1S/C10H19NO2/c1-13-10(12)7-4-8-2-5-9(11)6-3-8/h8-9H,2-7,11H2,1H3/t8-,9+. The third kappa shape index (κ3) is 3.77. The van der Waals surface area contributed by atoms with E-state index in [1.807, 2.05) is 0 Å². The molecule has 0 unspecified atom stereocenters. The van der Waals surface area contributed by atoms with Crippen molar-refractivity contribution < 1.29 is 9.53 Å². The van der Waals surface area contributed by atoms with Crippen LogP contribution in [0.25, 0.3) is 0 Å². The van der Waals surface area contributed by atoms with Crippen LogP contribution in [0, 0.1) is 5.92 Å². The highest BCUT2D eigenvalue weighted by molar-refractivity contribution is 5.69. The van der Waals surface area contributed by atoms with Crippen molar-refractivity contribution in [1.82, 2.24) is 0 Å². The molecule has 0 radical (unpaired) electrons. The molecule has 3 nitrogen and oxygen atoms in total. The van der Waals surface area contributed by atoms with E-state index in [1.54, 1.807) is 0 Å². The first-order valence-corrected chi connectivity index (χ1v) is 5.04. The molecule has 3 heteroatoms. The fourth-order valence-corrected chi connectivity index (χ4v) is 1.90. The summed E-state index contributed by atoms with van der Waals surface area (Å²) in [6.07, 6.45) is 6.13. The van der Waals surface area contributed by atoms with E-state index in [9.17, 15) is 4.79 Å². The van der Waals surface area contributed by atoms with Crippen molar-refractivity contribution in [2.75, 3.05) is 7.11 Å². The van der Waals surface area contributed by atoms with Crippen molar-refractivity contribution in [2.24, 2.45) is 11.7 Å². The molecule has 1 aliphatic carbocycles. The molecule has 0 spiro atoms. The van der Waals surface area contributed by atoms with Crippen LogP contribution in [-0.4, -0.2) is 19.1 Å². The van der Waals surface area contributed by atoms with E-state index < -0.39 is 0 Å². The summed E-state index contributed by atoms with van der Waals surface area (Å²) >= 11 is 0. The minimum atomic E-state index is -0.0881. The van der Waals surface area contributed by atoms with Gasteiger partial charge >= 0.3 is 5.97 Å². The van der Waals surface area contributed by atoms with Gasteiger partial charge in [-0.3, -0.25) is 4.79 Å². The van der Waals surface area contributed by atoms with Gasteiger partial charge in [-0.1, -0.05) is 0 Å². The van der Waals surface area contributed by atoms with Gasteiger partial charge in [-0.2, -0.15) is 0 Å². The Hall–Kier alpha value is -0.570. The van der Waals surface area contributed by atoms with E-state index in [2.05, 4.69) is 4.74 Å². The molecule has 13 heavy (non-hydrogen) atoms. The lowest BCUT2D eigenvalue weighted by atomic mass is 9.84. The molecular formula is C10H19NO2. The Morgan fingerprint density at radius 1 is 1.38 bits per heavy atom. The topological polar surface area (TPSA) is 52.3 Å². The number of hydrogen-bond donors (Lipinski definition) is 1. The van der Waals surface area contributed by atoms with Crippen molar-refractivity contribution >= 4 is 5.97 Å². The van der Waals surface area contributed by atoms with Crippen LogP contribution in [0.1, 0.15) is 38.5 Å². The van der Waals surface area contributed by atoms with Crippen molar-refractivity contribution in [1.29, 1.82) is 0 Å². The first kappa shape index (κ1) is 10.5. The van der Waals surface area contributed by atoms with Gasteiger partial charge in [0.15, 0.2) is 0 Å². The lowest BCUT2D eigenvalue weighted by Gasteiger charge is -2.25. The van der Waals surface area contributed by atoms with Crippen LogP contribution < -0.4 is 5.73 Å². The summed E-state index contributed by atoms with van der Waals surface area (Å²) in [4.78, 5) is 10.9. The van der Waals surface area contributed by atoms with Gasteiger partial charge in [0, 0.05) is 12.5 Å². The zero-order chi connectivity index (χ0) is 9.68. The molecule has 0 bridgehead atoms. The summed E-state index contributed by atoms with van der Waals surface area (Å²) in [5.41, 5.74) is 5.79. The van der Waals surface area contributed by atoms with Crippen LogP contribution in [-0.2, 0) is 9.53 Å². The minimum Gasteiger partial charge on any atom is -0.469 e. The molecule has 0 amide bonds. The normalized spacial score (nSPS) is 28.5. The lowest BCUT2D eigenvalue weighted by Crippen LogP contribution is -2.26. The number of methoxy groups -OCH3 is 1. The maximum Gasteiger partial charge on any atom is 0.305 e. The number of ether oxygens (including phenoxy) is 1. The molecule has 1 aliphatic rings. The Morgan fingerprint density at radius 2 is 2.00 bits per heavy atom. The number of rotatable bonds is 3. The van der Waals surface area contributed by atoms with E-state index in [-0.39, 0.29) is 5.97 Å². The van der Waals surface area contributed by atoms with Gasteiger partial charge in [-0.15, -0.1) is 0 Å². The zero-order valence-corrected chi connectivity index (χ0v) is 8.29. The molecule has 0 heterocycles. The third-order valence-corrected chi connectivity index (χ3v) is 2.88. The van der Waals surface area contributed by atoms with E-state index in [1.165, 1.54) is 20.0 Å². The van der Waals surface area contributed by atoms with E-state index in [0.717, 1.165) is 19.3 Å². The summed E-state index contributed by atoms with van der Waals surface area (Å²) in [7, 11) is 1.44. The van der Waals surface area contributed by atoms with Gasteiger partial charge < -0.3 is 10.5 Å². The Balaban J connectivity index is 2.12. The largest absolute Gasteiger partial charge is 0.469 e. The molecule has 1 fully saturated rings. The number of carbonyl (C=O) groups excluding carboxylic acids is 1. The summed E-state index contributed by atoms with van der Waals surface area (Å²) in [5.74, 6) is 0.605. The molecule has 76 valence electrons. The smallest absolute Gasteiger partial charge is 0.305 e. The zero-order valence-electron chi connectivity index (χ0n) is 8.29. The monoisotopic (exact) mass is 185 g/mol. The van der Waals surface area contributed by atoms with Gasteiger partial charge in [0.2, 0.25) is 0 Å². The first-order chi connectivity index (χ1) is 6.22. The maximum atomic E-state index is 10.9. The molecule has 0 aliphatic heterocycles. The fourth-order valence-electron chi connectivity index (χ4n) is 1.90. The van der Waals surface area contributed by atoms with E-state index in [0.29, 0.717) is 18.4 Å². The van der Waals surface area contributed by atoms with E-state index in [4.69, 9.17) is 5.73 Å². The predicted molar refractivity (Wildman–Crippen MR) is 51.2 cm³/mol. The van der Waals surface area contributed by atoms with Gasteiger partial charge in [-0.25, -0.2) is 0 Å². The molecule has 0 saturated heterocycles. The highest BCUT2D eigenvalue weighted by Gasteiger charge is 2.18. The van der Waals surface area contributed by atoms with Gasteiger partial charge in [-0.05, 0) is 38.0 Å². The van der Waals surface area contributed by atoms with Gasteiger partial charge in [0.05, 0.1) is 7.11 Å². The summed E-state index contributed by atoms with van der Waals surface area (Å²) < 4.78 is 4.60. The Bertz CT molecular complexity index is 162. The SMILES string of the molecule is COC(=O)CC[C@H]1CC[C@@H](N)CC1. The molecule has 1 saturated carbocycles. The Morgan fingerprint density at radius 3 is 2.54 bits per heavy atom. The fraction of sp³-hybridized carbons (Fsp3) is 0.900. The van der Waals surface area contributed by atoms with Crippen LogP contribution in [0.2, 0.25) is 0 Å². The average Bonchev–Trinajstić information content (AvgIpc) is 2.16. The van der Waals surface area contributed by atoms with Crippen LogP contribution in [0.5, 0.6) is 0 Å². The molecule has 1 rings (SSSR count). The molecule has 0 aromatic rings. The van der Waals surface area contributed by atoms with Crippen LogP contribution in [0.15, 0.2) is 0 Å². The average molecular weight is 185 g/mol. The van der Waals surface area contributed by atoms with Crippen molar-refractivity contribution in [3.8, 4) is 0 Å². The molecule has 2 N–H and O–H groups in total. The lowest BCUT2D eigenvalue weighted by molar-refractivity contribution is -0.141. The minimum absolute atomic E-state index is 0.0881. The van der Waals surface area contributed by atoms with Crippen molar-refractivity contribution in [3.05, 3.63) is 0 Å². The van der Waals surface area contributed by atoms with Crippen molar-refractivity contribution in [2.45, 2.75) is 44.6 Å². The molecular weight excluding hydrogens is 166 g/mol. The van der Waals surface area contributed by atoms with Gasteiger partial charge in [0.1, 0.15) is 0 Å². The molecule has 0 atom stereocenters. The maximum absolute atomic E-state index is 10.9. The number of carbonyl (C=O) groups is 1. The first-order valence-electron chi connectivity index (χ1n) is 5.04. The second kappa shape index (κ2) is 5.22. The quantitative estimate of drug-likeness (QED) is 0.677. The number of nitrogens with two attached hydrogens (primary N) is 1. The van der Waals surface area contributed by atoms with E-state index >= 15 is 0 Å². The van der Waals surface area contributed by atoms with Crippen molar-refractivity contribution in [3.63, 3.8) is 0 Å². The second-order valence-electron chi connectivity index (χ2n) is 3.90. The van der Waals surface area contributed by atoms with Gasteiger partial charge in [0.25, 0.3) is 0 Å². The summed E-state index contributed by atoms with van der Waals surface area (Å²) in [6.45, 7) is 0. The number of hydrogen-bond acceptors (Lipinski definition) is 3. The molecule has 0 aromatic carbocycles. The molecule has 0 aromatic heterocycles. The Kier molecular flexibility index (Phi) is 4.22. The summed E-state index contributed by atoms with van der Waals surface area (Å²) in [6, 6.07) is 0.398. The predicted octanol–water partition coefficient (Wildman–Crippen LogP) is 1.46. The summed E-state index contributed by atoms with van der Waals surface area (Å²) in [5, 5.41) is 0. The third-order valence-electron chi connectivity index (χ3n) is 2.88. The second-order valence-corrected chi connectivity index (χ2v) is 3.90. The number of esters is 1. The van der Waals surface area contributed by atoms with Crippen LogP contribution >= 0.6 is 0 Å².